The van der Waals surface area contributed by atoms with Crippen LogP contribution in [0.1, 0.15) is 187 Å². The van der Waals surface area contributed by atoms with E-state index in [0.717, 1.165) is 32.1 Å². The molecule has 0 aliphatic rings. The summed E-state index contributed by atoms with van der Waals surface area (Å²) in [5, 5.41) is 22.9. The number of carbonyl (C=O) groups is 1. The maximum Gasteiger partial charge on any atom is 0.220 e. The van der Waals surface area contributed by atoms with Crippen LogP contribution in [0.3, 0.4) is 0 Å². The van der Waals surface area contributed by atoms with Gasteiger partial charge in [-0.05, 0) is 44.9 Å². The number of aliphatic hydroxyl groups is 2. The molecule has 0 aliphatic carbocycles. The first-order valence-electron chi connectivity index (χ1n) is 18.1. The minimum absolute atomic E-state index is 0.0740. The van der Waals surface area contributed by atoms with Crippen LogP contribution >= 0.6 is 0 Å². The molecule has 2 atom stereocenters. The van der Waals surface area contributed by atoms with Crippen molar-refractivity contribution in [3.05, 3.63) is 24.3 Å². The van der Waals surface area contributed by atoms with Crippen molar-refractivity contribution in [3.63, 3.8) is 0 Å². The smallest absolute Gasteiger partial charge is 0.220 e. The van der Waals surface area contributed by atoms with Crippen molar-refractivity contribution in [3.8, 4) is 0 Å². The molecule has 4 nitrogen and oxygen atoms in total. The average molecular weight is 578 g/mol. The lowest BCUT2D eigenvalue weighted by atomic mass is 10.0. The minimum Gasteiger partial charge on any atom is -0.394 e. The summed E-state index contributed by atoms with van der Waals surface area (Å²) in [5.41, 5.74) is 0. The maximum absolute atomic E-state index is 12.3. The van der Waals surface area contributed by atoms with Crippen molar-refractivity contribution in [1.82, 2.24) is 5.32 Å². The van der Waals surface area contributed by atoms with Crippen molar-refractivity contribution in [2.45, 2.75) is 199 Å². The van der Waals surface area contributed by atoms with E-state index in [4.69, 9.17) is 0 Å². The van der Waals surface area contributed by atoms with Gasteiger partial charge in [-0.2, -0.15) is 0 Å². The highest BCUT2D eigenvalue weighted by atomic mass is 16.3. The number of nitrogens with one attached hydrogen (secondary N) is 1. The van der Waals surface area contributed by atoms with Crippen LogP contribution in [0.2, 0.25) is 0 Å². The van der Waals surface area contributed by atoms with Gasteiger partial charge in [-0.15, -0.1) is 0 Å². The van der Waals surface area contributed by atoms with Crippen molar-refractivity contribution in [2.75, 3.05) is 6.61 Å². The second kappa shape index (κ2) is 33.4. The molecule has 0 unspecified atom stereocenters. The summed E-state index contributed by atoms with van der Waals surface area (Å²) in [6.07, 6.45) is 41.1. The molecule has 0 saturated heterocycles. The lowest BCUT2D eigenvalue weighted by Gasteiger charge is -2.20. The molecule has 0 heterocycles. The molecular weight excluding hydrogens is 506 g/mol. The highest BCUT2D eigenvalue weighted by Gasteiger charge is 2.17. The summed E-state index contributed by atoms with van der Waals surface area (Å²) in [4.78, 5) is 12.3. The number of hydrogen-bond donors (Lipinski definition) is 3. The Morgan fingerprint density at radius 1 is 0.561 bits per heavy atom. The molecule has 3 N–H and O–H groups in total. The van der Waals surface area contributed by atoms with Gasteiger partial charge in [0, 0.05) is 6.42 Å². The number of allylic oxidation sites excluding steroid dienone is 3. The molecule has 1 amide bonds. The van der Waals surface area contributed by atoms with E-state index in [9.17, 15) is 15.0 Å². The van der Waals surface area contributed by atoms with Gasteiger partial charge in [0.25, 0.3) is 0 Å². The zero-order chi connectivity index (χ0) is 30.1. The van der Waals surface area contributed by atoms with Gasteiger partial charge in [0.15, 0.2) is 0 Å². The van der Waals surface area contributed by atoms with E-state index in [1.807, 2.05) is 6.08 Å². The summed E-state index contributed by atoms with van der Waals surface area (Å²) in [5.74, 6) is -0.0740. The van der Waals surface area contributed by atoms with Gasteiger partial charge in [0.1, 0.15) is 0 Å². The zero-order valence-electron chi connectivity index (χ0n) is 27.6. The molecule has 0 spiro atoms. The Morgan fingerprint density at radius 2 is 0.927 bits per heavy atom. The highest BCUT2D eigenvalue weighted by Crippen LogP contribution is 2.13. The lowest BCUT2D eigenvalue weighted by Crippen LogP contribution is -2.45. The maximum atomic E-state index is 12.3. The first kappa shape index (κ1) is 39.9. The summed E-state index contributed by atoms with van der Waals surface area (Å²) in [7, 11) is 0. The first-order chi connectivity index (χ1) is 20.2. The van der Waals surface area contributed by atoms with Crippen molar-refractivity contribution in [1.29, 1.82) is 0 Å². The van der Waals surface area contributed by atoms with E-state index in [1.54, 1.807) is 6.08 Å². The Labute approximate surface area is 256 Å². The normalized spacial score (nSPS) is 13.4. The highest BCUT2D eigenvalue weighted by molar-refractivity contribution is 5.76. The fourth-order valence-corrected chi connectivity index (χ4v) is 5.35. The van der Waals surface area contributed by atoms with Crippen molar-refractivity contribution in [2.24, 2.45) is 0 Å². The molecule has 41 heavy (non-hydrogen) atoms. The number of amides is 1. The van der Waals surface area contributed by atoms with Gasteiger partial charge < -0.3 is 15.5 Å². The predicted octanol–water partition coefficient (Wildman–Crippen LogP) is 10.5. The SMILES string of the molecule is CCCCCCCC/C=C/CCCCCCCC(=O)N[C@@H](CO)[C@H](O)/C=C/CCCCCCCCCCCCCC. The second-order valence-corrected chi connectivity index (χ2v) is 12.3. The van der Waals surface area contributed by atoms with Gasteiger partial charge in [-0.25, -0.2) is 0 Å². The van der Waals surface area contributed by atoms with Gasteiger partial charge in [-0.1, -0.05) is 160 Å². The van der Waals surface area contributed by atoms with Crippen LogP contribution in [0.5, 0.6) is 0 Å². The second-order valence-electron chi connectivity index (χ2n) is 12.3. The van der Waals surface area contributed by atoms with E-state index < -0.39 is 12.1 Å². The monoisotopic (exact) mass is 578 g/mol. The molecular formula is C37H71NO3. The third-order valence-electron chi connectivity index (χ3n) is 8.18. The quantitative estimate of drug-likeness (QED) is 0.0550. The van der Waals surface area contributed by atoms with Crippen molar-refractivity contribution < 1.29 is 15.0 Å². The van der Waals surface area contributed by atoms with Crippen LogP contribution in [0.25, 0.3) is 0 Å². The topological polar surface area (TPSA) is 69.6 Å². The number of hydrogen-bond acceptors (Lipinski definition) is 3. The van der Waals surface area contributed by atoms with E-state index >= 15 is 0 Å². The Balaban J connectivity index is 3.64. The van der Waals surface area contributed by atoms with E-state index in [0.29, 0.717) is 6.42 Å². The fraction of sp³-hybridized carbons (Fsp3) is 0.865. The number of unbranched alkanes of at least 4 members (excludes halogenated alkanes) is 23. The molecule has 0 aromatic carbocycles. The number of rotatable bonds is 32. The molecule has 0 rings (SSSR count). The Morgan fingerprint density at radius 3 is 1.34 bits per heavy atom. The predicted molar refractivity (Wildman–Crippen MR) is 179 cm³/mol. The Bertz CT molecular complexity index is 589. The van der Waals surface area contributed by atoms with E-state index in [-0.39, 0.29) is 12.5 Å². The third-order valence-corrected chi connectivity index (χ3v) is 8.18. The molecule has 0 bridgehead atoms. The van der Waals surface area contributed by atoms with Crippen molar-refractivity contribution >= 4 is 5.91 Å². The third kappa shape index (κ3) is 30.1. The largest absolute Gasteiger partial charge is 0.394 e. The molecule has 242 valence electrons. The van der Waals surface area contributed by atoms with Crippen LogP contribution in [0.4, 0.5) is 0 Å². The molecule has 4 heteroatoms. The first-order valence-corrected chi connectivity index (χ1v) is 18.1. The summed E-state index contributed by atoms with van der Waals surface area (Å²) in [6.45, 7) is 4.29. The van der Waals surface area contributed by atoms with E-state index in [1.165, 1.54) is 135 Å². The standard InChI is InChI=1S/C37H71NO3/c1-3-5-7-9-11-13-15-17-19-21-23-25-27-29-31-33-37(41)38-35(34-39)36(40)32-30-28-26-24-22-20-18-16-14-12-10-8-6-4-2/h17,19,30,32,35-36,39-40H,3-16,18,20-29,31,33-34H2,1-2H3,(H,38,41)/b19-17+,32-30+/t35-,36+/m0/s1. The van der Waals surface area contributed by atoms with Gasteiger partial charge in [0.05, 0.1) is 18.8 Å². The van der Waals surface area contributed by atoms with Crippen LogP contribution in [-0.2, 0) is 4.79 Å². The Hall–Kier alpha value is -1.13. The van der Waals surface area contributed by atoms with E-state index in [2.05, 4.69) is 31.3 Å². The molecule has 0 aromatic heterocycles. The fourth-order valence-electron chi connectivity index (χ4n) is 5.35. The molecule has 0 saturated carbocycles. The summed E-state index contributed by atoms with van der Waals surface area (Å²) in [6, 6.07) is -0.621. The van der Waals surface area contributed by atoms with Gasteiger partial charge >= 0.3 is 0 Å². The van der Waals surface area contributed by atoms with Gasteiger partial charge in [-0.3, -0.25) is 4.79 Å². The summed E-state index contributed by atoms with van der Waals surface area (Å²) < 4.78 is 0. The molecule has 0 aromatic rings. The average Bonchev–Trinajstić information content (AvgIpc) is 2.97. The summed E-state index contributed by atoms with van der Waals surface area (Å²) >= 11 is 0. The molecule has 0 fully saturated rings. The lowest BCUT2D eigenvalue weighted by molar-refractivity contribution is -0.123. The minimum atomic E-state index is -0.838. The Kier molecular flexibility index (Phi) is 32.5. The number of carbonyl (C=O) groups excluding carboxylic acids is 1. The van der Waals surface area contributed by atoms with Gasteiger partial charge in [0.2, 0.25) is 5.91 Å². The van der Waals surface area contributed by atoms with Crippen LogP contribution in [0.15, 0.2) is 24.3 Å². The molecule has 0 radical (unpaired) electrons. The number of aliphatic hydroxyl groups excluding tert-OH is 2. The van der Waals surface area contributed by atoms with Crippen LogP contribution in [-0.4, -0.2) is 34.9 Å². The zero-order valence-corrected chi connectivity index (χ0v) is 27.6. The van der Waals surface area contributed by atoms with Crippen LogP contribution in [0, 0.1) is 0 Å². The molecule has 0 aliphatic heterocycles. The van der Waals surface area contributed by atoms with Crippen LogP contribution < -0.4 is 5.32 Å².